The number of ether oxygens (including phenoxy) is 1. The van der Waals surface area contributed by atoms with Gasteiger partial charge in [-0.05, 0) is 0 Å². The van der Waals surface area contributed by atoms with E-state index in [0.29, 0.717) is 0 Å². The fourth-order valence-corrected chi connectivity index (χ4v) is 1.54. The van der Waals surface area contributed by atoms with Crippen molar-refractivity contribution in [2.75, 3.05) is 13.2 Å². The molecule has 0 rings (SSSR count). The first-order valence-electron chi connectivity index (χ1n) is 4.12. The predicted molar refractivity (Wildman–Crippen MR) is 59.4 cm³/mol. The minimum atomic E-state index is -2.63. The van der Waals surface area contributed by atoms with Crippen LogP contribution in [-0.4, -0.2) is 40.5 Å². The van der Waals surface area contributed by atoms with E-state index in [9.17, 15) is 16.8 Å². The molecule has 0 aliphatic rings. The van der Waals surface area contributed by atoms with E-state index in [1.165, 1.54) is 12.2 Å². The van der Waals surface area contributed by atoms with Crippen LogP contribution >= 0.6 is 0 Å². The zero-order valence-electron chi connectivity index (χ0n) is 8.07. The molecule has 0 N–H and O–H groups in total. The zero-order chi connectivity index (χ0) is 11.8. The van der Waals surface area contributed by atoms with Crippen LogP contribution in [0.4, 0.5) is 0 Å². The normalized spacial score (nSPS) is 15.1. The zero-order valence-corrected chi connectivity index (χ0v) is 9.86. The standard InChI is InChI=1S/C8H14O5S2/c1-3-7(14(9)10)5-13-6-8(4-2)15(11)12/h3-4,7-8,14-15H,1-2,5-6H2. The van der Waals surface area contributed by atoms with Crippen molar-refractivity contribution < 1.29 is 21.6 Å². The van der Waals surface area contributed by atoms with Crippen LogP contribution in [0.3, 0.4) is 0 Å². The van der Waals surface area contributed by atoms with E-state index in [1.807, 2.05) is 0 Å². The van der Waals surface area contributed by atoms with Crippen LogP contribution in [0.15, 0.2) is 25.3 Å². The van der Waals surface area contributed by atoms with Crippen LogP contribution < -0.4 is 0 Å². The Morgan fingerprint density at radius 1 is 0.933 bits per heavy atom. The van der Waals surface area contributed by atoms with Crippen LogP contribution in [-0.2, 0) is 26.1 Å². The largest absolute Gasteiger partial charge is 0.378 e. The predicted octanol–water partition coefficient (Wildman–Crippen LogP) is -0.665. The number of hydrogen-bond acceptors (Lipinski definition) is 5. The van der Waals surface area contributed by atoms with Gasteiger partial charge in [-0.15, -0.1) is 13.2 Å². The highest BCUT2D eigenvalue weighted by atomic mass is 32.2. The summed E-state index contributed by atoms with van der Waals surface area (Å²) in [5, 5.41) is -1.56. The van der Waals surface area contributed by atoms with E-state index in [2.05, 4.69) is 13.2 Å². The van der Waals surface area contributed by atoms with Gasteiger partial charge in [0.05, 0.1) is 23.7 Å². The Morgan fingerprint density at radius 2 is 1.27 bits per heavy atom. The van der Waals surface area contributed by atoms with Crippen LogP contribution in [0.5, 0.6) is 0 Å². The first-order chi connectivity index (χ1) is 7.02. The SMILES string of the molecule is C=CC(COCC(C=C)[SH](=O)=O)[SH](=O)=O. The van der Waals surface area contributed by atoms with Gasteiger partial charge in [0.2, 0.25) is 0 Å². The summed E-state index contributed by atoms with van der Waals surface area (Å²) in [6, 6.07) is 0. The molecule has 0 fully saturated rings. The van der Waals surface area contributed by atoms with Gasteiger partial charge in [0.15, 0.2) is 0 Å². The van der Waals surface area contributed by atoms with Gasteiger partial charge in [-0.1, -0.05) is 12.2 Å². The fourth-order valence-electron chi connectivity index (χ4n) is 0.739. The number of hydrogen-bond donors (Lipinski definition) is 2. The lowest BCUT2D eigenvalue weighted by Gasteiger charge is -2.08. The Kier molecular flexibility index (Phi) is 7.27. The van der Waals surface area contributed by atoms with E-state index in [0.717, 1.165) is 0 Å². The Morgan fingerprint density at radius 3 is 1.47 bits per heavy atom. The van der Waals surface area contributed by atoms with Gasteiger partial charge >= 0.3 is 0 Å². The second-order valence-corrected chi connectivity index (χ2v) is 5.18. The van der Waals surface area contributed by atoms with E-state index >= 15 is 0 Å². The lowest BCUT2D eigenvalue weighted by atomic mass is 10.4. The Hall–Kier alpha value is -0.660. The minimum Gasteiger partial charge on any atom is -0.378 e. The van der Waals surface area contributed by atoms with Crippen molar-refractivity contribution in [1.29, 1.82) is 0 Å². The third-order valence-corrected chi connectivity index (χ3v) is 3.47. The van der Waals surface area contributed by atoms with Gasteiger partial charge in [-0.3, -0.25) is 0 Å². The summed E-state index contributed by atoms with van der Waals surface area (Å²) in [6.07, 6.45) is 2.48. The number of rotatable bonds is 8. The summed E-state index contributed by atoms with van der Waals surface area (Å²) in [5.41, 5.74) is 0. The fraction of sp³-hybridized carbons (Fsp3) is 0.500. The molecule has 15 heavy (non-hydrogen) atoms. The van der Waals surface area contributed by atoms with Crippen molar-refractivity contribution in [2.45, 2.75) is 10.5 Å². The molecule has 7 heteroatoms. The van der Waals surface area contributed by atoms with Crippen LogP contribution in [0.2, 0.25) is 0 Å². The first kappa shape index (κ1) is 14.3. The van der Waals surface area contributed by atoms with Gasteiger partial charge in [-0.2, -0.15) is 0 Å². The van der Waals surface area contributed by atoms with Crippen molar-refractivity contribution in [3.05, 3.63) is 25.3 Å². The maximum absolute atomic E-state index is 10.6. The van der Waals surface area contributed by atoms with Crippen molar-refractivity contribution in [3.8, 4) is 0 Å². The van der Waals surface area contributed by atoms with Gasteiger partial charge in [0.1, 0.15) is 21.4 Å². The molecule has 0 radical (unpaired) electrons. The first-order valence-corrected chi connectivity index (χ1v) is 6.62. The topological polar surface area (TPSA) is 77.5 Å². The van der Waals surface area contributed by atoms with Crippen molar-refractivity contribution in [2.24, 2.45) is 0 Å². The van der Waals surface area contributed by atoms with E-state index < -0.39 is 31.9 Å². The molecule has 0 amide bonds. The van der Waals surface area contributed by atoms with Gasteiger partial charge in [0, 0.05) is 0 Å². The van der Waals surface area contributed by atoms with Crippen LogP contribution in [0, 0.1) is 0 Å². The molecular formula is C8H14O5S2. The Bertz CT molecular complexity index is 306. The third-order valence-electron chi connectivity index (χ3n) is 1.66. The van der Waals surface area contributed by atoms with E-state index in [-0.39, 0.29) is 13.2 Å². The van der Waals surface area contributed by atoms with Crippen LogP contribution in [0.25, 0.3) is 0 Å². The van der Waals surface area contributed by atoms with Gasteiger partial charge in [0.25, 0.3) is 0 Å². The monoisotopic (exact) mass is 254 g/mol. The summed E-state index contributed by atoms with van der Waals surface area (Å²) in [4.78, 5) is 0. The summed E-state index contributed by atoms with van der Waals surface area (Å²) in [6.45, 7) is 6.49. The highest BCUT2D eigenvalue weighted by molar-refractivity contribution is 7.73. The highest BCUT2D eigenvalue weighted by Gasteiger charge is 2.10. The average molecular weight is 254 g/mol. The molecule has 0 saturated carbocycles. The van der Waals surface area contributed by atoms with E-state index in [1.54, 1.807) is 0 Å². The Balaban J connectivity index is 4.06. The smallest absolute Gasteiger partial charge is 0.148 e. The van der Waals surface area contributed by atoms with Gasteiger partial charge < -0.3 is 4.74 Å². The summed E-state index contributed by atoms with van der Waals surface area (Å²) >= 11 is 0. The molecule has 0 aromatic rings. The van der Waals surface area contributed by atoms with Crippen molar-refractivity contribution >= 4 is 21.4 Å². The summed E-state index contributed by atoms with van der Waals surface area (Å²) in [7, 11) is -5.27. The molecule has 0 saturated heterocycles. The summed E-state index contributed by atoms with van der Waals surface area (Å²) in [5.74, 6) is 0. The molecule has 0 spiro atoms. The molecule has 0 aliphatic carbocycles. The summed E-state index contributed by atoms with van der Waals surface area (Å²) < 4.78 is 47.2. The lowest BCUT2D eigenvalue weighted by molar-refractivity contribution is 0.147. The van der Waals surface area contributed by atoms with Crippen molar-refractivity contribution in [1.82, 2.24) is 0 Å². The lowest BCUT2D eigenvalue weighted by Crippen LogP contribution is -2.21. The molecule has 0 aliphatic heterocycles. The molecule has 5 nitrogen and oxygen atoms in total. The average Bonchev–Trinajstić information content (AvgIpc) is 2.17. The maximum Gasteiger partial charge on any atom is 0.148 e. The van der Waals surface area contributed by atoms with Gasteiger partial charge in [-0.25, -0.2) is 16.8 Å². The molecule has 0 heterocycles. The number of thiol groups is 2. The molecule has 88 valence electrons. The molecule has 2 atom stereocenters. The molecular weight excluding hydrogens is 240 g/mol. The highest BCUT2D eigenvalue weighted by Crippen LogP contribution is 1.97. The second-order valence-electron chi connectivity index (χ2n) is 2.71. The molecule has 0 aromatic carbocycles. The maximum atomic E-state index is 10.6. The quantitative estimate of drug-likeness (QED) is 0.444. The minimum absolute atomic E-state index is 0.0876. The molecule has 0 bridgehead atoms. The second kappa shape index (κ2) is 7.61. The molecule has 2 unspecified atom stereocenters. The van der Waals surface area contributed by atoms with Crippen molar-refractivity contribution in [3.63, 3.8) is 0 Å². The molecule has 0 aromatic heterocycles. The van der Waals surface area contributed by atoms with E-state index in [4.69, 9.17) is 4.74 Å². The third kappa shape index (κ3) is 5.71. The Labute approximate surface area is 92.3 Å². The van der Waals surface area contributed by atoms with Crippen LogP contribution in [0.1, 0.15) is 0 Å².